The van der Waals surface area contributed by atoms with E-state index in [0.29, 0.717) is 13.0 Å². The van der Waals surface area contributed by atoms with Crippen molar-refractivity contribution in [2.24, 2.45) is 0 Å². The third kappa shape index (κ3) is 2.06. The van der Waals surface area contributed by atoms with Gasteiger partial charge in [0.15, 0.2) is 0 Å². The maximum Gasteiger partial charge on any atom is 0.280 e. The Morgan fingerprint density at radius 3 is 2.74 bits per heavy atom. The van der Waals surface area contributed by atoms with E-state index in [4.69, 9.17) is 0 Å². The summed E-state index contributed by atoms with van der Waals surface area (Å²) >= 11 is 0. The molecular weight excluding hydrogens is 300 g/mol. The molecule has 4 heterocycles. The minimum absolute atomic E-state index is 0.109. The van der Waals surface area contributed by atoms with Crippen molar-refractivity contribution in [2.75, 3.05) is 6.54 Å². The highest BCUT2D eigenvalue weighted by Crippen LogP contribution is 2.28. The number of rotatable bonds is 1. The summed E-state index contributed by atoms with van der Waals surface area (Å²) in [5.74, 6) is -2.06. The number of hydrogen-bond donors (Lipinski definition) is 2. The van der Waals surface area contributed by atoms with Gasteiger partial charge in [-0.25, -0.2) is 4.98 Å². The zero-order valence-corrected chi connectivity index (χ0v) is 12.2. The van der Waals surface area contributed by atoms with Crippen LogP contribution < -0.4 is 10.6 Å². The average molecular weight is 314 g/mol. The highest BCUT2D eigenvalue weighted by atomic mass is 16.2. The summed E-state index contributed by atoms with van der Waals surface area (Å²) in [6.07, 6.45) is 0.956. The van der Waals surface area contributed by atoms with Gasteiger partial charge in [0.25, 0.3) is 11.8 Å². The number of nitrogens with zero attached hydrogens (tertiary/aromatic N) is 2. The van der Waals surface area contributed by atoms with E-state index in [2.05, 4.69) is 15.6 Å². The number of carbonyl (C=O) groups is 4. The molecule has 8 heteroatoms. The molecule has 0 spiro atoms. The molecule has 8 nitrogen and oxygen atoms in total. The van der Waals surface area contributed by atoms with Crippen LogP contribution in [0.4, 0.5) is 0 Å². The lowest BCUT2D eigenvalue weighted by molar-refractivity contribution is -0.136. The quantitative estimate of drug-likeness (QED) is 0.652. The summed E-state index contributed by atoms with van der Waals surface area (Å²) < 4.78 is 0. The summed E-state index contributed by atoms with van der Waals surface area (Å²) in [7, 11) is 0. The molecule has 118 valence electrons. The zero-order valence-electron chi connectivity index (χ0n) is 12.2. The third-order valence-electron chi connectivity index (χ3n) is 4.44. The molecule has 2 N–H and O–H groups in total. The van der Waals surface area contributed by atoms with Gasteiger partial charge in [0.1, 0.15) is 11.7 Å². The Bertz CT molecular complexity index is 728. The van der Waals surface area contributed by atoms with Crippen LogP contribution in [-0.2, 0) is 22.6 Å². The van der Waals surface area contributed by atoms with Gasteiger partial charge >= 0.3 is 0 Å². The van der Waals surface area contributed by atoms with E-state index in [1.165, 1.54) is 0 Å². The first kappa shape index (κ1) is 14.0. The Hall–Kier alpha value is -2.61. The molecule has 1 saturated heterocycles. The summed E-state index contributed by atoms with van der Waals surface area (Å²) in [5, 5.41) is 5.37. The second kappa shape index (κ2) is 4.95. The van der Waals surface area contributed by atoms with Gasteiger partial charge in [-0.3, -0.25) is 29.4 Å². The zero-order chi connectivity index (χ0) is 16.1. The maximum atomic E-state index is 12.6. The van der Waals surface area contributed by atoms with Crippen LogP contribution >= 0.6 is 0 Å². The van der Waals surface area contributed by atoms with Crippen LogP contribution in [-0.4, -0.2) is 46.1 Å². The lowest BCUT2D eigenvalue weighted by Crippen LogP contribution is -2.54. The van der Waals surface area contributed by atoms with Gasteiger partial charge in [0.05, 0.1) is 5.56 Å². The van der Waals surface area contributed by atoms with Crippen LogP contribution in [0.1, 0.15) is 44.9 Å². The van der Waals surface area contributed by atoms with Crippen LogP contribution in [0.2, 0.25) is 0 Å². The lowest BCUT2D eigenvalue weighted by Gasteiger charge is -2.27. The van der Waals surface area contributed by atoms with E-state index in [1.54, 1.807) is 6.07 Å². The predicted molar refractivity (Wildman–Crippen MR) is 76.3 cm³/mol. The first-order valence-electron chi connectivity index (χ1n) is 7.51. The SMILES string of the molecule is O=C1CCC(N2C(=O)c3cc4c(nc3C2=O)CCNC4)C(=O)N1. The van der Waals surface area contributed by atoms with Gasteiger partial charge in [-0.1, -0.05) is 0 Å². The molecule has 0 radical (unpaired) electrons. The normalized spacial score (nSPS) is 23.7. The summed E-state index contributed by atoms with van der Waals surface area (Å²) in [4.78, 5) is 53.7. The van der Waals surface area contributed by atoms with Crippen molar-refractivity contribution in [1.82, 2.24) is 20.5 Å². The number of pyridine rings is 1. The molecule has 1 atom stereocenters. The van der Waals surface area contributed by atoms with Crippen LogP contribution in [0.15, 0.2) is 6.07 Å². The van der Waals surface area contributed by atoms with Crippen LogP contribution in [0.25, 0.3) is 0 Å². The van der Waals surface area contributed by atoms with E-state index in [-0.39, 0.29) is 30.0 Å². The maximum absolute atomic E-state index is 12.6. The van der Waals surface area contributed by atoms with Crippen LogP contribution in [0, 0.1) is 0 Å². The number of nitrogens with one attached hydrogen (secondary N) is 2. The van der Waals surface area contributed by atoms with Crippen molar-refractivity contribution in [3.05, 3.63) is 28.6 Å². The average Bonchev–Trinajstić information content (AvgIpc) is 2.77. The Kier molecular flexibility index (Phi) is 3.02. The van der Waals surface area contributed by atoms with E-state index < -0.39 is 23.8 Å². The minimum atomic E-state index is -0.947. The molecule has 1 aromatic heterocycles. The van der Waals surface area contributed by atoms with Gasteiger partial charge in [-0.05, 0) is 18.1 Å². The Balaban J connectivity index is 1.72. The summed E-state index contributed by atoms with van der Waals surface area (Å²) in [5.41, 5.74) is 2.07. The predicted octanol–water partition coefficient (Wildman–Crippen LogP) is -0.871. The molecular formula is C15H14N4O4. The molecule has 1 unspecified atom stereocenters. The Labute approximate surface area is 131 Å². The van der Waals surface area contributed by atoms with Crippen molar-refractivity contribution < 1.29 is 19.2 Å². The molecule has 0 saturated carbocycles. The number of aromatic nitrogens is 1. The number of carbonyl (C=O) groups excluding carboxylic acids is 4. The molecule has 23 heavy (non-hydrogen) atoms. The second-order valence-electron chi connectivity index (χ2n) is 5.86. The molecule has 4 amide bonds. The fraction of sp³-hybridized carbons (Fsp3) is 0.400. The Morgan fingerprint density at radius 1 is 1.13 bits per heavy atom. The van der Waals surface area contributed by atoms with Gasteiger partial charge in [-0.2, -0.15) is 0 Å². The minimum Gasteiger partial charge on any atom is -0.312 e. The summed E-state index contributed by atoms with van der Waals surface area (Å²) in [6.45, 7) is 1.38. The van der Waals surface area contributed by atoms with Crippen molar-refractivity contribution in [2.45, 2.75) is 31.8 Å². The first-order valence-corrected chi connectivity index (χ1v) is 7.51. The molecule has 4 rings (SSSR count). The van der Waals surface area contributed by atoms with Gasteiger partial charge in [0, 0.05) is 31.6 Å². The summed E-state index contributed by atoms with van der Waals surface area (Å²) in [6, 6.07) is 0.743. The van der Waals surface area contributed by atoms with E-state index in [1.807, 2.05) is 0 Å². The van der Waals surface area contributed by atoms with Crippen molar-refractivity contribution in [3.63, 3.8) is 0 Å². The van der Waals surface area contributed by atoms with Crippen molar-refractivity contribution in [1.29, 1.82) is 0 Å². The number of imide groups is 2. The second-order valence-corrected chi connectivity index (χ2v) is 5.86. The molecule has 1 fully saturated rings. The van der Waals surface area contributed by atoms with E-state index in [9.17, 15) is 19.2 Å². The first-order chi connectivity index (χ1) is 11.1. The molecule has 3 aliphatic rings. The number of piperidine rings is 1. The number of hydrogen-bond acceptors (Lipinski definition) is 6. The molecule has 0 aromatic carbocycles. The number of fused-ring (bicyclic) bond motifs is 2. The van der Waals surface area contributed by atoms with Crippen molar-refractivity contribution >= 4 is 23.6 Å². The van der Waals surface area contributed by atoms with Gasteiger partial charge < -0.3 is 5.32 Å². The highest BCUT2D eigenvalue weighted by molar-refractivity contribution is 6.22. The third-order valence-corrected chi connectivity index (χ3v) is 4.44. The highest BCUT2D eigenvalue weighted by Gasteiger charge is 2.45. The lowest BCUT2D eigenvalue weighted by atomic mass is 10.0. The van der Waals surface area contributed by atoms with Crippen molar-refractivity contribution in [3.8, 4) is 0 Å². The van der Waals surface area contributed by atoms with Crippen LogP contribution in [0.3, 0.4) is 0 Å². The van der Waals surface area contributed by atoms with E-state index in [0.717, 1.165) is 22.7 Å². The van der Waals surface area contributed by atoms with Crippen LogP contribution in [0.5, 0.6) is 0 Å². The van der Waals surface area contributed by atoms with Gasteiger partial charge in [0.2, 0.25) is 11.8 Å². The molecule has 0 bridgehead atoms. The fourth-order valence-corrected chi connectivity index (χ4v) is 3.27. The standard InChI is InChI=1S/C15H14N4O4/c20-11-2-1-10(13(21)18-11)19-14(22)8-5-7-6-16-4-3-9(7)17-12(8)15(19)23/h5,10,16H,1-4,6H2,(H,18,20,21). The monoisotopic (exact) mass is 314 g/mol. The smallest absolute Gasteiger partial charge is 0.280 e. The van der Waals surface area contributed by atoms with Gasteiger partial charge in [-0.15, -0.1) is 0 Å². The molecule has 3 aliphatic heterocycles. The fourth-order valence-electron chi connectivity index (χ4n) is 3.27. The Morgan fingerprint density at radius 2 is 1.96 bits per heavy atom. The topological polar surface area (TPSA) is 108 Å². The van der Waals surface area contributed by atoms with E-state index >= 15 is 0 Å². The molecule has 1 aromatic rings. The largest absolute Gasteiger partial charge is 0.312 e. The molecule has 0 aliphatic carbocycles. The number of amides is 4.